The molecule has 0 radical (unpaired) electrons. The van der Waals surface area contributed by atoms with Crippen molar-refractivity contribution in [2.24, 2.45) is 5.41 Å². The predicted octanol–water partition coefficient (Wildman–Crippen LogP) is 2.96. The molecule has 1 aromatic carbocycles. The van der Waals surface area contributed by atoms with E-state index in [1.165, 1.54) is 12.1 Å². The van der Waals surface area contributed by atoms with Crippen LogP contribution in [0.2, 0.25) is 0 Å². The van der Waals surface area contributed by atoms with Gasteiger partial charge >= 0.3 is 0 Å². The van der Waals surface area contributed by atoms with E-state index in [1.54, 1.807) is 37.4 Å². The highest BCUT2D eigenvalue weighted by Crippen LogP contribution is 2.35. The second kappa shape index (κ2) is 10.4. The van der Waals surface area contributed by atoms with Crippen LogP contribution in [0.4, 0.5) is 10.3 Å². The fraction of sp³-hybridized carbons (Fsp3) is 0.292. The Hall–Kier alpha value is -4.14. The number of hydrogen-bond donors (Lipinski definition) is 3. The van der Waals surface area contributed by atoms with Gasteiger partial charge in [0.1, 0.15) is 12.4 Å². The van der Waals surface area contributed by atoms with Crippen LogP contribution in [0.3, 0.4) is 0 Å². The van der Waals surface area contributed by atoms with Crippen molar-refractivity contribution < 1.29 is 18.7 Å². The largest absolute Gasteiger partial charge is 0.352 e. The molecule has 1 fully saturated rings. The minimum absolute atomic E-state index is 0.0470. The van der Waals surface area contributed by atoms with Gasteiger partial charge in [0, 0.05) is 18.3 Å². The topological polar surface area (TPSA) is 138 Å². The number of hydrogen-bond acceptors (Lipinski definition) is 8. The van der Waals surface area contributed by atoms with Crippen LogP contribution < -0.4 is 10.6 Å². The standard InChI is InChI=1S/C24H24FN7O3/c1-3-10-27-22(33)24(2)13-34-21(35-14-24)20-31-18(15-4-6-16(25)7-5-15)19(32-20)17-8-11-28-23(30-17)29-12-9-26/h3-8,11,21H,1,10,12-14H2,2H3,(H,27,33)(H,31,32)(H,28,29,30). The van der Waals surface area contributed by atoms with E-state index in [1.807, 2.05) is 6.07 Å². The maximum absolute atomic E-state index is 13.5. The summed E-state index contributed by atoms with van der Waals surface area (Å²) in [7, 11) is 0. The lowest BCUT2D eigenvalue weighted by Gasteiger charge is -2.35. The summed E-state index contributed by atoms with van der Waals surface area (Å²) in [6, 6.07) is 9.57. The Morgan fingerprint density at radius 3 is 2.74 bits per heavy atom. The molecule has 1 aliphatic rings. The van der Waals surface area contributed by atoms with Crippen LogP contribution in [0, 0.1) is 22.6 Å². The van der Waals surface area contributed by atoms with E-state index in [4.69, 9.17) is 14.7 Å². The van der Waals surface area contributed by atoms with E-state index in [0.29, 0.717) is 35.0 Å². The van der Waals surface area contributed by atoms with Crippen LogP contribution in [-0.4, -0.2) is 52.1 Å². The van der Waals surface area contributed by atoms with Gasteiger partial charge in [-0.25, -0.2) is 19.3 Å². The summed E-state index contributed by atoms with van der Waals surface area (Å²) >= 11 is 0. The number of nitrogens with one attached hydrogen (secondary N) is 3. The molecule has 4 rings (SSSR count). The average Bonchev–Trinajstić information content (AvgIpc) is 3.32. The van der Waals surface area contributed by atoms with E-state index in [9.17, 15) is 9.18 Å². The molecule has 3 heterocycles. The number of amides is 1. The summed E-state index contributed by atoms with van der Waals surface area (Å²) in [5.74, 6) is 0.0835. The Morgan fingerprint density at radius 2 is 2.06 bits per heavy atom. The first kappa shape index (κ1) is 24.0. The normalized spacial score (nSPS) is 19.5. The van der Waals surface area contributed by atoms with Crippen LogP contribution in [0.15, 0.2) is 49.2 Å². The molecule has 1 aliphatic heterocycles. The van der Waals surface area contributed by atoms with Crippen LogP contribution in [-0.2, 0) is 14.3 Å². The molecule has 3 aromatic rings. The Kier molecular flexibility index (Phi) is 7.14. The molecular weight excluding hydrogens is 453 g/mol. The maximum atomic E-state index is 13.5. The van der Waals surface area contributed by atoms with Crippen molar-refractivity contribution in [3.05, 3.63) is 60.8 Å². The average molecular weight is 478 g/mol. The van der Waals surface area contributed by atoms with Crippen molar-refractivity contribution in [3.8, 4) is 28.7 Å². The number of carbonyl (C=O) groups excluding carboxylic acids is 1. The Morgan fingerprint density at radius 1 is 1.31 bits per heavy atom. The van der Waals surface area contributed by atoms with Crippen molar-refractivity contribution in [1.82, 2.24) is 25.3 Å². The third-order valence-electron chi connectivity index (χ3n) is 5.36. The second-order valence-electron chi connectivity index (χ2n) is 8.14. The maximum Gasteiger partial charge on any atom is 0.230 e. The van der Waals surface area contributed by atoms with Gasteiger partial charge in [-0.2, -0.15) is 5.26 Å². The molecule has 10 nitrogen and oxygen atoms in total. The molecular formula is C24H24FN7O3. The lowest BCUT2D eigenvalue weighted by Crippen LogP contribution is -2.48. The van der Waals surface area contributed by atoms with E-state index in [-0.39, 0.29) is 37.4 Å². The lowest BCUT2D eigenvalue weighted by molar-refractivity contribution is -0.230. The van der Waals surface area contributed by atoms with Gasteiger partial charge in [-0.15, -0.1) is 6.58 Å². The molecule has 0 aliphatic carbocycles. The summed E-state index contributed by atoms with van der Waals surface area (Å²) in [5.41, 5.74) is 1.34. The molecule has 35 heavy (non-hydrogen) atoms. The van der Waals surface area contributed by atoms with E-state index >= 15 is 0 Å². The molecule has 0 unspecified atom stereocenters. The van der Waals surface area contributed by atoms with Crippen LogP contribution in [0.1, 0.15) is 19.0 Å². The van der Waals surface area contributed by atoms with Gasteiger partial charge in [0.25, 0.3) is 0 Å². The number of nitriles is 1. The summed E-state index contributed by atoms with van der Waals surface area (Å²) in [4.78, 5) is 28.9. The number of carbonyl (C=O) groups is 1. The number of aromatic amines is 1. The van der Waals surface area contributed by atoms with Crippen LogP contribution >= 0.6 is 0 Å². The highest BCUT2D eigenvalue weighted by molar-refractivity contribution is 5.82. The molecule has 180 valence electrons. The van der Waals surface area contributed by atoms with Crippen molar-refractivity contribution in [3.63, 3.8) is 0 Å². The molecule has 1 saturated heterocycles. The third kappa shape index (κ3) is 5.34. The summed E-state index contributed by atoms with van der Waals surface area (Å²) in [6.45, 7) is 6.01. The number of imidazole rings is 1. The van der Waals surface area contributed by atoms with Gasteiger partial charge in [0.2, 0.25) is 18.1 Å². The zero-order valence-corrected chi connectivity index (χ0v) is 19.0. The molecule has 0 saturated carbocycles. The number of nitrogens with zero attached hydrogens (tertiary/aromatic N) is 4. The van der Waals surface area contributed by atoms with Gasteiger partial charge in [-0.3, -0.25) is 4.79 Å². The first-order valence-corrected chi connectivity index (χ1v) is 10.9. The Bertz CT molecular complexity index is 1240. The summed E-state index contributed by atoms with van der Waals surface area (Å²) in [5, 5.41) is 14.4. The highest BCUT2D eigenvalue weighted by Gasteiger charge is 2.40. The number of H-pyrrole nitrogens is 1. The minimum atomic E-state index is -0.858. The van der Waals surface area contributed by atoms with Gasteiger partial charge in [-0.05, 0) is 37.3 Å². The van der Waals surface area contributed by atoms with Crippen molar-refractivity contribution in [2.45, 2.75) is 13.2 Å². The molecule has 0 spiro atoms. The van der Waals surface area contributed by atoms with E-state index < -0.39 is 11.7 Å². The molecule has 3 N–H and O–H groups in total. The number of benzene rings is 1. The molecule has 0 atom stereocenters. The minimum Gasteiger partial charge on any atom is -0.352 e. The van der Waals surface area contributed by atoms with Crippen molar-refractivity contribution in [2.75, 3.05) is 31.6 Å². The fourth-order valence-corrected chi connectivity index (χ4v) is 3.48. The van der Waals surface area contributed by atoms with Crippen LogP contribution in [0.25, 0.3) is 22.6 Å². The third-order valence-corrected chi connectivity index (χ3v) is 5.36. The molecule has 1 amide bonds. The lowest BCUT2D eigenvalue weighted by atomic mass is 9.91. The van der Waals surface area contributed by atoms with Gasteiger partial charge in [0.15, 0.2) is 5.82 Å². The van der Waals surface area contributed by atoms with Crippen molar-refractivity contribution >= 4 is 11.9 Å². The molecule has 11 heteroatoms. The van der Waals surface area contributed by atoms with E-state index in [0.717, 1.165) is 0 Å². The van der Waals surface area contributed by atoms with Gasteiger partial charge < -0.3 is 25.1 Å². The van der Waals surface area contributed by atoms with Gasteiger partial charge in [0.05, 0.1) is 41.8 Å². The number of ether oxygens (including phenoxy) is 2. The summed E-state index contributed by atoms with van der Waals surface area (Å²) < 4.78 is 25.3. The van der Waals surface area contributed by atoms with Crippen LogP contribution in [0.5, 0.6) is 0 Å². The zero-order valence-electron chi connectivity index (χ0n) is 19.0. The monoisotopic (exact) mass is 477 g/mol. The van der Waals surface area contributed by atoms with Crippen molar-refractivity contribution in [1.29, 1.82) is 5.26 Å². The fourth-order valence-electron chi connectivity index (χ4n) is 3.48. The van der Waals surface area contributed by atoms with Gasteiger partial charge in [-0.1, -0.05) is 6.08 Å². The molecule has 0 bridgehead atoms. The quantitative estimate of drug-likeness (QED) is 0.333. The first-order chi connectivity index (χ1) is 16.9. The number of anilines is 1. The number of rotatable bonds is 8. The first-order valence-electron chi connectivity index (χ1n) is 10.9. The SMILES string of the molecule is C=CCNC(=O)C1(C)COC(c2nc(-c3ccc(F)cc3)c(-c3ccnc(NCC#N)n3)[nH]2)OC1. The zero-order chi connectivity index (χ0) is 24.8. The number of halogens is 1. The molecule has 2 aromatic heterocycles. The second-order valence-corrected chi connectivity index (χ2v) is 8.14. The summed E-state index contributed by atoms with van der Waals surface area (Å²) in [6.07, 6.45) is 2.31. The number of aromatic nitrogens is 4. The smallest absolute Gasteiger partial charge is 0.230 e. The Balaban J connectivity index is 1.64. The Labute approximate surface area is 201 Å². The highest BCUT2D eigenvalue weighted by atomic mass is 19.1. The van der Waals surface area contributed by atoms with E-state index in [2.05, 4.69) is 37.1 Å². The predicted molar refractivity (Wildman–Crippen MR) is 125 cm³/mol.